The van der Waals surface area contributed by atoms with Gasteiger partial charge < -0.3 is 25.4 Å². The number of nitrogens with zero attached hydrogens (tertiary/aromatic N) is 1. The smallest absolute Gasteiger partial charge is 0.251 e. The first-order valence-electron chi connectivity index (χ1n) is 10.9. The lowest BCUT2D eigenvalue weighted by Crippen LogP contribution is -2.41. The van der Waals surface area contributed by atoms with Crippen molar-refractivity contribution in [2.45, 2.75) is 39.8 Å². The van der Waals surface area contributed by atoms with Crippen LogP contribution in [0.1, 0.15) is 42.3 Å². The van der Waals surface area contributed by atoms with E-state index >= 15 is 0 Å². The number of hydrogen-bond donors (Lipinski definition) is 3. The third-order valence-electron chi connectivity index (χ3n) is 4.87. The van der Waals surface area contributed by atoms with Crippen molar-refractivity contribution in [2.24, 2.45) is 4.99 Å². The van der Waals surface area contributed by atoms with E-state index in [1.165, 1.54) is 5.56 Å². The van der Waals surface area contributed by atoms with Gasteiger partial charge in [-0.1, -0.05) is 18.2 Å². The van der Waals surface area contributed by atoms with Crippen molar-refractivity contribution in [3.05, 3.63) is 59.2 Å². The number of fused-ring (bicyclic) bond motifs is 1. The maximum atomic E-state index is 12.1. The van der Waals surface area contributed by atoms with Gasteiger partial charge in [-0.25, -0.2) is 4.99 Å². The number of amides is 1. The summed E-state index contributed by atoms with van der Waals surface area (Å²) in [5, 5.41) is 9.41. The zero-order valence-corrected chi connectivity index (χ0v) is 21.3. The molecular weight excluding hydrogens is 519 g/mol. The molecule has 32 heavy (non-hydrogen) atoms. The monoisotopic (exact) mass is 552 g/mol. The lowest BCUT2D eigenvalue weighted by atomic mass is 10.1. The molecule has 3 N–H and O–H groups in total. The second-order valence-electron chi connectivity index (χ2n) is 7.38. The highest BCUT2D eigenvalue weighted by Gasteiger charge is 2.21. The summed E-state index contributed by atoms with van der Waals surface area (Å²) < 4.78 is 11.7. The number of rotatable bonds is 9. The van der Waals surface area contributed by atoms with Crippen molar-refractivity contribution in [3.63, 3.8) is 0 Å². The molecule has 1 amide bonds. The highest BCUT2D eigenvalue weighted by Crippen LogP contribution is 2.35. The van der Waals surface area contributed by atoms with E-state index in [4.69, 9.17) is 14.5 Å². The standard InChI is InChI=1S/C24H32N4O3.HI/c1-4-25-24(27-12-11-26-23(29)18-9-7-6-8-10-18)28-16-20-15-22-19(13-17(3)31-22)14-21(20)30-5-2;/h6-10,14-15,17H,4-5,11-13,16H2,1-3H3,(H,26,29)(H2,25,27,28);1H. The third kappa shape index (κ3) is 7.29. The summed E-state index contributed by atoms with van der Waals surface area (Å²) in [4.78, 5) is 16.8. The summed E-state index contributed by atoms with van der Waals surface area (Å²) in [5.74, 6) is 2.38. The fourth-order valence-electron chi connectivity index (χ4n) is 3.45. The van der Waals surface area contributed by atoms with Crippen LogP contribution in [-0.2, 0) is 13.0 Å². The van der Waals surface area contributed by atoms with Crippen molar-refractivity contribution in [3.8, 4) is 11.5 Å². The van der Waals surface area contributed by atoms with Crippen molar-refractivity contribution in [1.82, 2.24) is 16.0 Å². The Morgan fingerprint density at radius 2 is 1.88 bits per heavy atom. The molecule has 1 unspecified atom stereocenters. The van der Waals surface area contributed by atoms with Gasteiger partial charge in [-0.05, 0) is 45.0 Å². The minimum Gasteiger partial charge on any atom is -0.494 e. The molecule has 8 heteroatoms. The number of guanidine groups is 1. The minimum absolute atomic E-state index is 0. The Kier molecular flexibility index (Phi) is 10.6. The maximum Gasteiger partial charge on any atom is 0.251 e. The van der Waals surface area contributed by atoms with Gasteiger partial charge in [0.25, 0.3) is 5.91 Å². The first-order valence-corrected chi connectivity index (χ1v) is 10.9. The average Bonchev–Trinajstić information content (AvgIpc) is 3.14. The van der Waals surface area contributed by atoms with E-state index in [0.717, 1.165) is 30.0 Å². The fourth-order valence-corrected chi connectivity index (χ4v) is 3.45. The van der Waals surface area contributed by atoms with E-state index in [0.29, 0.717) is 37.8 Å². The van der Waals surface area contributed by atoms with E-state index in [9.17, 15) is 4.79 Å². The summed E-state index contributed by atoms with van der Waals surface area (Å²) in [6, 6.07) is 13.3. The number of carbonyl (C=O) groups is 1. The van der Waals surface area contributed by atoms with Crippen LogP contribution in [0.2, 0.25) is 0 Å². The van der Waals surface area contributed by atoms with E-state index in [1.54, 1.807) is 12.1 Å². The maximum absolute atomic E-state index is 12.1. The van der Waals surface area contributed by atoms with Crippen LogP contribution in [0, 0.1) is 0 Å². The summed E-state index contributed by atoms with van der Waals surface area (Å²) in [6.07, 6.45) is 1.09. The van der Waals surface area contributed by atoms with Crippen LogP contribution >= 0.6 is 24.0 Å². The fraction of sp³-hybridized carbons (Fsp3) is 0.417. The van der Waals surface area contributed by atoms with Crippen LogP contribution < -0.4 is 25.4 Å². The minimum atomic E-state index is -0.0851. The summed E-state index contributed by atoms with van der Waals surface area (Å²) in [6.45, 7) is 8.94. The van der Waals surface area contributed by atoms with Crippen LogP contribution in [0.25, 0.3) is 0 Å². The molecule has 1 atom stereocenters. The molecule has 0 fully saturated rings. The highest BCUT2D eigenvalue weighted by atomic mass is 127. The Balaban J connectivity index is 0.00000363. The van der Waals surface area contributed by atoms with E-state index in [-0.39, 0.29) is 36.0 Å². The van der Waals surface area contributed by atoms with Gasteiger partial charge in [-0.15, -0.1) is 24.0 Å². The SMILES string of the molecule is CCNC(=NCc1cc2c(cc1OCC)CC(C)O2)NCCNC(=O)c1ccccc1.I. The largest absolute Gasteiger partial charge is 0.494 e. The Morgan fingerprint density at radius 1 is 1.12 bits per heavy atom. The van der Waals surface area contributed by atoms with E-state index < -0.39 is 0 Å². The zero-order valence-electron chi connectivity index (χ0n) is 18.9. The van der Waals surface area contributed by atoms with Gasteiger partial charge >= 0.3 is 0 Å². The topological polar surface area (TPSA) is 84.0 Å². The molecule has 2 aromatic carbocycles. The van der Waals surface area contributed by atoms with Crippen molar-refractivity contribution in [2.75, 3.05) is 26.2 Å². The Labute approximate surface area is 207 Å². The van der Waals surface area contributed by atoms with Gasteiger partial charge in [-0.3, -0.25) is 4.79 Å². The second kappa shape index (κ2) is 13.1. The van der Waals surface area contributed by atoms with Crippen molar-refractivity contribution < 1.29 is 14.3 Å². The molecule has 1 heterocycles. The molecule has 174 valence electrons. The van der Waals surface area contributed by atoms with Crippen LogP contribution in [0.15, 0.2) is 47.5 Å². The predicted molar refractivity (Wildman–Crippen MR) is 138 cm³/mol. The number of benzene rings is 2. The number of hydrogen-bond acceptors (Lipinski definition) is 4. The molecule has 1 aliphatic rings. The molecular formula is C24H33IN4O3. The van der Waals surface area contributed by atoms with Gasteiger partial charge in [-0.2, -0.15) is 0 Å². The van der Waals surface area contributed by atoms with Crippen LogP contribution in [0.5, 0.6) is 11.5 Å². The molecule has 0 aliphatic carbocycles. The van der Waals surface area contributed by atoms with Gasteiger partial charge in [0.1, 0.15) is 17.6 Å². The zero-order chi connectivity index (χ0) is 22.1. The first-order chi connectivity index (χ1) is 15.1. The van der Waals surface area contributed by atoms with Crippen molar-refractivity contribution >= 4 is 35.8 Å². The summed E-state index contributed by atoms with van der Waals surface area (Å²) >= 11 is 0. The van der Waals surface area contributed by atoms with Crippen molar-refractivity contribution in [1.29, 1.82) is 0 Å². The summed E-state index contributed by atoms with van der Waals surface area (Å²) in [5.41, 5.74) is 2.83. The molecule has 3 rings (SSSR count). The molecule has 0 bridgehead atoms. The Hall–Kier alpha value is -2.49. The number of aliphatic imine (C=N–C) groups is 1. The van der Waals surface area contributed by atoms with E-state index in [1.807, 2.05) is 38.1 Å². The molecule has 0 saturated heterocycles. The predicted octanol–water partition coefficient (Wildman–Crippen LogP) is 3.51. The van der Waals surface area contributed by atoms with Gasteiger partial charge in [0.05, 0.1) is 13.2 Å². The second-order valence-corrected chi connectivity index (χ2v) is 7.38. The van der Waals surface area contributed by atoms with Gasteiger partial charge in [0.2, 0.25) is 0 Å². The van der Waals surface area contributed by atoms with Crippen LogP contribution in [0.3, 0.4) is 0 Å². The normalized spacial score (nSPS) is 14.6. The lowest BCUT2D eigenvalue weighted by molar-refractivity contribution is 0.0954. The molecule has 1 aliphatic heterocycles. The number of nitrogens with one attached hydrogen (secondary N) is 3. The van der Waals surface area contributed by atoms with Crippen LogP contribution in [0.4, 0.5) is 0 Å². The average molecular weight is 552 g/mol. The molecule has 0 aromatic heterocycles. The quantitative estimate of drug-likeness (QED) is 0.192. The molecule has 2 aromatic rings. The number of carbonyl (C=O) groups excluding carboxylic acids is 1. The van der Waals surface area contributed by atoms with Gasteiger partial charge in [0.15, 0.2) is 5.96 Å². The molecule has 0 radical (unpaired) electrons. The number of halogens is 1. The first kappa shape index (κ1) is 25.8. The lowest BCUT2D eigenvalue weighted by Gasteiger charge is -2.14. The number of ether oxygens (including phenoxy) is 2. The third-order valence-corrected chi connectivity index (χ3v) is 4.87. The molecule has 0 saturated carbocycles. The molecule has 0 spiro atoms. The van der Waals surface area contributed by atoms with Gasteiger partial charge in [0, 0.05) is 42.7 Å². The van der Waals surface area contributed by atoms with E-state index in [2.05, 4.69) is 28.9 Å². The highest BCUT2D eigenvalue weighted by molar-refractivity contribution is 14.0. The van der Waals surface area contributed by atoms with Crippen LogP contribution in [-0.4, -0.2) is 44.2 Å². The Bertz CT molecular complexity index is 906. The molecule has 7 nitrogen and oxygen atoms in total. The Morgan fingerprint density at radius 3 is 2.59 bits per heavy atom. The summed E-state index contributed by atoms with van der Waals surface area (Å²) in [7, 11) is 0.